The van der Waals surface area contributed by atoms with Gasteiger partial charge in [0.2, 0.25) is 0 Å². The Morgan fingerprint density at radius 2 is 0.971 bits per heavy atom. The van der Waals surface area contributed by atoms with Gasteiger partial charge < -0.3 is 11.5 Å². The van der Waals surface area contributed by atoms with Gasteiger partial charge in [0.15, 0.2) is 11.6 Å². The lowest BCUT2D eigenvalue weighted by atomic mass is 9.82. The molecule has 13 heteroatoms. The van der Waals surface area contributed by atoms with E-state index in [1.165, 1.54) is 0 Å². The third-order valence-electron chi connectivity index (χ3n) is 5.02. The van der Waals surface area contributed by atoms with Crippen LogP contribution in [0.15, 0.2) is 53.9 Å². The second-order valence-corrected chi connectivity index (χ2v) is 7.51. The van der Waals surface area contributed by atoms with Gasteiger partial charge in [0, 0.05) is 22.5 Å². The summed E-state index contributed by atoms with van der Waals surface area (Å²) in [5.41, 5.74) is 5.06. The lowest BCUT2D eigenvalue weighted by molar-refractivity contribution is -0.169. The highest BCUT2D eigenvalue weighted by molar-refractivity contribution is 6.26. The van der Waals surface area contributed by atoms with Gasteiger partial charge >= 0.3 is 18.5 Å². The van der Waals surface area contributed by atoms with E-state index >= 15 is 0 Å². The Kier molecular flexibility index (Phi) is 5.96. The van der Waals surface area contributed by atoms with Crippen LogP contribution in [0.25, 0.3) is 11.1 Å². The molecular formula is C21H13F9N2O2. The molecular weight excluding hydrogens is 483 g/mol. The Morgan fingerprint density at radius 1 is 0.618 bits per heavy atom. The molecule has 1 aromatic carbocycles. The largest absolute Gasteiger partial charge is 0.416 e. The van der Waals surface area contributed by atoms with Crippen molar-refractivity contribution in [2.45, 2.75) is 18.5 Å². The molecule has 2 aliphatic rings. The molecule has 34 heavy (non-hydrogen) atoms. The van der Waals surface area contributed by atoms with E-state index in [4.69, 9.17) is 11.5 Å². The number of carbonyl (C=O) groups is 2. The molecule has 0 aromatic heterocycles. The fourth-order valence-electron chi connectivity index (χ4n) is 3.48. The van der Waals surface area contributed by atoms with Crippen LogP contribution in [0.3, 0.4) is 0 Å². The van der Waals surface area contributed by atoms with Gasteiger partial charge in [-0.3, -0.25) is 9.59 Å². The van der Waals surface area contributed by atoms with Crippen molar-refractivity contribution in [2.75, 3.05) is 0 Å². The van der Waals surface area contributed by atoms with Crippen LogP contribution in [0.2, 0.25) is 0 Å². The van der Waals surface area contributed by atoms with Crippen molar-refractivity contribution in [2.24, 2.45) is 23.3 Å². The van der Waals surface area contributed by atoms with E-state index in [1.54, 1.807) is 0 Å². The maximum absolute atomic E-state index is 13.5. The third-order valence-corrected chi connectivity index (χ3v) is 5.02. The molecule has 0 saturated heterocycles. The van der Waals surface area contributed by atoms with Gasteiger partial charge in [-0.05, 0) is 53.6 Å². The predicted octanol–water partition coefficient (Wildman–Crippen LogP) is 4.68. The molecule has 0 bridgehead atoms. The quantitative estimate of drug-likeness (QED) is 0.583. The molecule has 3 rings (SSSR count). The highest BCUT2D eigenvalue weighted by Crippen LogP contribution is 2.41. The molecule has 4 nitrogen and oxygen atoms in total. The van der Waals surface area contributed by atoms with E-state index in [0.29, 0.717) is 42.5 Å². The van der Waals surface area contributed by atoms with Crippen LogP contribution in [0.5, 0.6) is 0 Å². The second kappa shape index (κ2) is 8.06. The number of halogens is 9. The molecule has 4 N–H and O–H groups in total. The molecule has 0 saturated carbocycles. The lowest BCUT2D eigenvalue weighted by Gasteiger charge is -2.24. The highest BCUT2D eigenvalue weighted by Gasteiger charge is 2.47. The van der Waals surface area contributed by atoms with Crippen molar-refractivity contribution in [3.05, 3.63) is 70.6 Å². The summed E-state index contributed by atoms with van der Waals surface area (Å²) < 4.78 is 120. The van der Waals surface area contributed by atoms with Gasteiger partial charge in [0.25, 0.3) is 0 Å². The van der Waals surface area contributed by atoms with E-state index in [0.717, 1.165) is 0 Å². The molecule has 2 atom stereocenters. The number of allylic oxidation sites excluding steroid dienone is 6. The normalized spacial score (nSPS) is 22.1. The Labute approximate surface area is 185 Å². The van der Waals surface area contributed by atoms with Gasteiger partial charge in [0.1, 0.15) is 11.8 Å². The van der Waals surface area contributed by atoms with Crippen LogP contribution < -0.4 is 11.5 Å². The van der Waals surface area contributed by atoms with Crippen molar-refractivity contribution in [3.63, 3.8) is 0 Å². The Hall–Kier alpha value is -3.51. The monoisotopic (exact) mass is 496 g/mol. The standard InChI is InChI=1S/C21H13F9N2O2/c22-19(23,24)10-2-8(13-4-11(31)6-15(17(13)33)20(25,26)27)1-9(3-10)14-5-12(32)7-16(18(14)34)21(28,29)30/h1-7,15-16H,31-32H2. The summed E-state index contributed by atoms with van der Waals surface area (Å²) in [6, 6.07) is 1.39. The Bertz CT molecular complexity index is 1100. The first-order valence-electron chi connectivity index (χ1n) is 9.22. The number of hydrogen-bond acceptors (Lipinski definition) is 4. The highest BCUT2D eigenvalue weighted by atomic mass is 19.4. The van der Waals surface area contributed by atoms with Crippen LogP contribution >= 0.6 is 0 Å². The number of ketones is 2. The summed E-state index contributed by atoms with van der Waals surface area (Å²) in [6.45, 7) is 0. The van der Waals surface area contributed by atoms with Crippen LogP contribution in [0, 0.1) is 11.8 Å². The van der Waals surface area contributed by atoms with E-state index < -0.39 is 81.2 Å². The lowest BCUT2D eigenvalue weighted by Crippen LogP contribution is -2.33. The minimum atomic E-state index is -5.13. The number of Topliss-reactive ketones (excluding diaryl/α,β-unsaturated/α-hetero) is 2. The fraction of sp³-hybridized carbons (Fsp3) is 0.238. The predicted molar refractivity (Wildman–Crippen MR) is 101 cm³/mol. The molecule has 0 heterocycles. The smallest absolute Gasteiger partial charge is 0.399 e. The number of rotatable bonds is 2. The van der Waals surface area contributed by atoms with Crippen LogP contribution in [-0.4, -0.2) is 23.9 Å². The SMILES string of the molecule is NC1=CC(C(F)(F)F)C(=O)C(c2cc(C3=CC(N)=CC(C(F)(F)F)C3=O)cc(C(F)(F)F)c2)=C1. The zero-order valence-corrected chi connectivity index (χ0v) is 16.6. The van der Waals surface area contributed by atoms with Crippen molar-refractivity contribution < 1.29 is 49.1 Å². The van der Waals surface area contributed by atoms with Gasteiger partial charge in [-0.1, -0.05) is 0 Å². The molecule has 0 aliphatic heterocycles. The summed E-state index contributed by atoms with van der Waals surface area (Å²) >= 11 is 0. The molecule has 2 aliphatic carbocycles. The summed E-state index contributed by atoms with van der Waals surface area (Å²) in [6.07, 6.45) is -13.1. The van der Waals surface area contributed by atoms with Gasteiger partial charge in [-0.25, -0.2) is 0 Å². The van der Waals surface area contributed by atoms with Gasteiger partial charge in [-0.2, -0.15) is 39.5 Å². The Morgan fingerprint density at radius 3 is 1.26 bits per heavy atom. The number of alkyl halides is 9. The summed E-state index contributed by atoms with van der Waals surface area (Å²) in [7, 11) is 0. The maximum Gasteiger partial charge on any atom is 0.416 e. The number of benzene rings is 1. The van der Waals surface area contributed by atoms with E-state index in [2.05, 4.69) is 0 Å². The first kappa shape index (κ1) is 25.1. The molecule has 1 aromatic rings. The van der Waals surface area contributed by atoms with Crippen LogP contribution in [0.4, 0.5) is 39.5 Å². The van der Waals surface area contributed by atoms with Crippen molar-refractivity contribution in [3.8, 4) is 0 Å². The van der Waals surface area contributed by atoms with E-state index in [9.17, 15) is 49.1 Å². The molecule has 182 valence electrons. The summed E-state index contributed by atoms with van der Waals surface area (Å²) in [5, 5.41) is 0. The minimum Gasteiger partial charge on any atom is -0.399 e. The average molecular weight is 496 g/mol. The first-order chi connectivity index (χ1) is 15.4. The molecule has 2 unspecified atom stereocenters. The summed E-state index contributed by atoms with van der Waals surface area (Å²) in [4.78, 5) is 24.9. The van der Waals surface area contributed by atoms with E-state index in [-0.39, 0.29) is 0 Å². The molecule has 0 fully saturated rings. The zero-order chi connectivity index (χ0) is 25.8. The average Bonchev–Trinajstić information content (AvgIpc) is 2.68. The molecule has 0 spiro atoms. The topological polar surface area (TPSA) is 86.2 Å². The fourth-order valence-corrected chi connectivity index (χ4v) is 3.48. The van der Waals surface area contributed by atoms with Gasteiger partial charge in [-0.15, -0.1) is 0 Å². The number of nitrogens with two attached hydrogens (primary N) is 2. The second-order valence-electron chi connectivity index (χ2n) is 7.51. The molecule has 0 radical (unpaired) electrons. The number of hydrogen-bond donors (Lipinski definition) is 2. The van der Waals surface area contributed by atoms with Crippen LogP contribution in [-0.2, 0) is 15.8 Å². The van der Waals surface area contributed by atoms with Crippen molar-refractivity contribution >= 4 is 22.7 Å². The van der Waals surface area contributed by atoms with Crippen molar-refractivity contribution in [1.82, 2.24) is 0 Å². The van der Waals surface area contributed by atoms with Gasteiger partial charge in [0.05, 0.1) is 5.56 Å². The first-order valence-corrected chi connectivity index (χ1v) is 9.22. The van der Waals surface area contributed by atoms with Crippen LogP contribution in [0.1, 0.15) is 16.7 Å². The third kappa shape index (κ3) is 4.87. The summed E-state index contributed by atoms with van der Waals surface area (Å²) in [5.74, 6) is -8.73. The van der Waals surface area contributed by atoms with Crippen molar-refractivity contribution in [1.29, 1.82) is 0 Å². The minimum absolute atomic E-state index is 0.341. The zero-order valence-electron chi connectivity index (χ0n) is 16.6. The molecule has 0 amide bonds. The number of carbonyl (C=O) groups excluding carboxylic acids is 2. The van der Waals surface area contributed by atoms with E-state index in [1.807, 2.05) is 0 Å². The Balaban J connectivity index is 2.22. The maximum atomic E-state index is 13.5.